The van der Waals surface area contributed by atoms with E-state index >= 15 is 0 Å². The number of hydrogen-bond donors (Lipinski definition) is 2. The third kappa shape index (κ3) is 3.31. The van der Waals surface area contributed by atoms with E-state index in [2.05, 4.69) is 17.4 Å². The average Bonchev–Trinajstić information content (AvgIpc) is 2.46. The predicted octanol–water partition coefficient (Wildman–Crippen LogP) is 3.01. The molecule has 0 saturated carbocycles. The van der Waals surface area contributed by atoms with Crippen molar-refractivity contribution in [1.29, 1.82) is 0 Å². The van der Waals surface area contributed by atoms with Gasteiger partial charge in [-0.25, -0.2) is 0 Å². The summed E-state index contributed by atoms with van der Waals surface area (Å²) in [6.45, 7) is 1.93. The van der Waals surface area contributed by atoms with Crippen LogP contribution in [0.4, 0.5) is 0 Å². The fourth-order valence-electron chi connectivity index (χ4n) is 2.82. The minimum atomic E-state index is -0.623. The summed E-state index contributed by atoms with van der Waals surface area (Å²) in [4.78, 5) is 1.30. The van der Waals surface area contributed by atoms with Gasteiger partial charge in [-0.2, -0.15) is 0 Å². The summed E-state index contributed by atoms with van der Waals surface area (Å²) in [6.07, 6.45) is 2.50. The molecule has 0 aromatic heterocycles. The summed E-state index contributed by atoms with van der Waals surface area (Å²) in [6, 6.07) is 6.38. The zero-order chi connectivity index (χ0) is 14.0. The summed E-state index contributed by atoms with van der Waals surface area (Å²) >= 11 is 8.00. The molecule has 110 valence electrons. The lowest BCUT2D eigenvalue weighted by molar-refractivity contribution is -0.0629. The number of hydrogen-bond acceptors (Lipinski definition) is 4. The van der Waals surface area contributed by atoms with E-state index in [1.807, 2.05) is 17.8 Å². The molecule has 1 aromatic rings. The van der Waals surface area contributed by atoms with Gasteiger partial charge in [0.2, 0.25) is 0 Å². The molecule has 1 unspecified atom stereocenters. The van der Waals surface area contributed by atoms with Gasteiger partial charge < -0.3 is 15.2 Å². The summed E-state index contributed by atoms with van der Waals surface area (Å²) in [5.74, 6) is 1.10. The maximum atomic E-state index is 10.5. The SMILES string of the molecule is OC1(CNC2CCSc3ccc(Cl)cc32)CCOCC1. The van der Waals surface area contributed by atoms with Gasteiger partial charge in [0.05, 0.1) is 5.60 Å². The van der Waals surface area contributed by atoms with Gasteiger partial charge >= 0.3 is 0 Å². The number of nitrogens with one attached hydrogen (secondary N) is 1. The van der Waals surface area contributed by atoms with Crippen molar-refractivity contribution in [3.8, 4) is 0 Å². The van der Waals surface area contributed by atoms with Gasteiger partial charge in [0.15, 0.2) is 0 Å². The molecule has 2 aliphatic heterocycles. The lowest BCUT2D eigenvalue weighted by atomic mass is 9.93. The second-order valence-electron chi connectivity index (χ2n) is 5.59. The number of benzene rings is 1. The van der Waals surface area contributed by atoms with Crippen LogP contribution in [-0.2, 0) is 4.74 Å². The highest BCUT2D eigenvalue weighted by molar-refractivity contribution is 7.99. The van der Waals surface area contributed by atoms with Crippen molar-refractivity contribution in [1.82, 2.24) is 5.32 Å². The first-order valence-electron chi connectivity index (χ1n) is 7.12. The molecule has 0 radical (unpaired) electrons. The molecule has 1 atom stereocenters. The number of fused-ring (bicyclic) bond motifs is 1. The minimum absolute atomic E-state index is 0.289. The largest absolute Gasteiger partial charge is 0.388 e. The maximum Gasteiger partial charge on any atom is 0.0815 e. The quantitative estimate of drug-likeness (QED) is 0.900. The number of rotatable bonds is 3. The van der Waals surface area contributed by atoms with E-state index < -0.39 is 5.60 Å². The molecule has 1 aromatic carbocycles. The van der Waals surface area contributed by atoms with Crippen molar-refractivity contribution in [3.63, 3.8) is 0 Å². The molecule has 20 heavy (non-hydrogen) atoms. The Hall–Kier alpha value is -0.260. The van der Waals surface area contributed by atoms with E-state index in [9.17, 15) is 5.11 Å². The highest BCUT2D eigenvalue weighted by Gasteiger charge is 2.31. The highest BCUT2D eigenvalue weighted by atomic mass is 35.5. The Balaban J connectivity index is 1.68. The van der Waals surface area contributed by atoms with Crippen LogP contribution >= 0.6 is 23.4 Å². The fourth-order valence-corrected chi connectivity index (χ4v) is 4.10. The van der Waals surface area contributed by atoms with Crippen LogP contribution in [0.25, 0.3) is 0 Å². The molecule has 2 heterocycles. The highest BCUT2D eigenvalue weighted by Crippen LogP contribution is 2.37. The number of ether oxygens (including phenoxy) is 1. The first-order chi connectivity index (χ1) is 9.66. The van der Waals surface area contributed by atoms with Crippen molar-refractivity contribution < 1.29 is 9.84 Å². The van der Waals surface area contributed by atoms with Gasteiger partial charge in [0.25, 0.3) is 0 Å². The normalized spacial score (nSPS) is 25.2. The topological polar surface area (TPSA) is 41.5 Å². The van der Waals surface area contributed by atoms with Gasteiger partial charge in [-0.3, -0.25) is 0 Å². The van der Waals surface area contributed by atoms with E-state index in [1.54, 1.807) is 0 Å². The van der Waals surface area contributed by atoms with Crippen LogP contribution in [0.1, 0.15) is 30.9 Å². The maximum absolute atomic E-state index is 10.5. The molecule has 3 nitrogen and oxygen atoms in total. The minimum Gasteiger partial charge on any atom is -0.388 e. The molecule has 1 fully saturated rings. The van der Waals surface area contributed by atoms with Crippen molar-refractivity contribution >= 4 is 23.4 Å². The summed E-state index contributed by atoms with van der Waals surface area (Å²) in [7, 11) is 0. The molecule has 2 N–H and O–H groups in total. The second kappa shape index (κ2) is 6.24. The average molecular weight is 314 g/mol. The van der Waals surface area contributed by atoms with Crippen molar-refractivity contribution in [3.05, 3.63) is 28.8 Å². The summed E-state index contributed by atoms with van der Waals surface area (Å²) in [5.41, 5.74) is 0.645. The molecule has 0 aliphatic carbocycles. The third-order valence-corrected chi connectivity index (χ3v) is 5.47. The first-order valence-corrected chi connectivity index (χ1v) is 8.48. The zero-order valence-corrected chi connectivity index (χ0v) is 13.0. The van der Waals surface area contributed by atoms with E-state index in [4.69, 9.17) is 16.3 Å². The first kappa shape index (κ1) is 14.7. The Morgan fingerprint density at radius 3 is 3.00 bits per heavy atom. The number of halogens is 1. The van der Waals surface area contributed by atoms with Gasteiger partial charge in [0.1, 0.15) is 0 Å². The van der Waals surface area contributed by atoms with Crippen LogP contribution < -0.4 is 5.32 Å². The van der Waals surface area contributed by atoms with Crippen molar-refractivity contribution in [2.24, 2.45) is 0 Å². The van der Waals surface area contributed by atoms with E-state index in [0.29, 0.717) is 32.6 Å². The smallest absolute Gasteiger partial charge is 0.0815 e. The predicted molar refractivity (Wildman–Crippen MR) is 82.5 cm³/mol. The number of thioether (sulfide) groups is 1. The number of aliphatic hydroxyl groups is 1. The van der Waals surface area contributed by atoms with Crippen LogP contribution in [0.5, 0.6) is 0 Å². The molecule has 0 bridgehead atoms. The molecule has 0 amide bonds. The second-order valence-corrected chi connectivity index (χ2v) is 7.16. The molecule has 5 heteroatoms. The standard InChI is InChI=1S/C15H20ClNO2S/c16-11-1-2-14-12(9-11)13(3-8-20-14)17-10-15(18)4-6-19-7-5-15/h1-2,9,13,17-18H,3-8,10H2. The summed E-state index contributed by atoms with van der Waals surface area (Å²) in [5, 5.41) is 14.8. The Morgan fingerprint density at radius 1 is 1.40 bits per heavy atom. The molecule has 2 aliphatic rings. The molecule has 1 saturated heterocycles. The molecule has 3 rings (SSSR count). The van der Waals surface area contributed by atoms with Gasteiger partial charge in [0, 0.05) is 48.6 Å². The lowest BCUT2D eigenvalue weighted by Gasteiger charge is -2.35. The summed E-state index contributed by atoms with van der Waals surface area (Å²) < 4.78 is 5.32. The fraction of sp³-hybridized carbons (Fsp3) is 0.600. The zero-order valence-electron chi connectivity index (χ0n) is 11.4. The molecular formula is C15H20ClNO2S. The third-order valence-electron chi connectivity index (χ3n) is 4.11. The lowest BCUT2D eigenvalue weighted by Crippen LogP contribution is -2.46. The van der Waals surface area contributed by atoms with Gasteiger partial charge in [-0.05, 0) is 35.9 Å². The van der Waals surface area contributed by atoms with Gasteiger partial charge in [-0.1, -0.05) is 11.6 Å². The van der Waals surface area contributed by atoms with Crippen LogP contribution in [-0.4, -0.2) is 36.2 Å². The van der Waals surface area contributed by atoms with Crippen molar-refractivity contribution in [2.75, 3.05) is 25.5 Å². The van der Waals surface area contributed by atoms with Crippen LogP contribution in [0.2, 0.25) is 5.02 Å². The Bertz CT molecular complexity index is 477. The Kier molecular flexibility index (Phi) is 4.58. The van der Waals surface area contributed by atoms with E-state index in [0.717, 1.165) is 17.2 Å². The van der Waals surface area contributed by atoms with Crippen LogP contribution in [0, 0.1) is 0 Å². The monoisotopic (exact) mass is 313 g/mol. The van der Waals surface area contributed by atoms with Crippen molar-refractivity contribution in [2.45, 2.75) is 35.8 Å². The van der Waals surface area contributed by atoms with Crippen LogP contribution in [0.3, 0.4) is 0 Å². The Morgan fingerprint density at radius 2 is 2.20 bits per heavy atom. The van der Waals surface area contributed by atoms with E-state index in [1.165, 1.54) is 10.5 Å². The van der Waals surface area contributed by atoms with Gasteiger partial charge in [-0.15, -0.1) is 11.8 Å². The van der Waals surface area contributed by atoms with E-state index in [-0.39, 0.29) is 6.04 Å². The molecular weight excluding hydrogens is 294 g/mol. The Labute approximate surface area is 129 Å². The molecule has 0 spiro atoms. The van der Waals surface area contributed by atoms with Crippen LogP contribution in [0.15, 0.2) is 23.1 Å².